The predicted octanol–water partition coefficient (Wildman–Crippen LogP) is 0.263. The summed E-state index contributed by atoms with van der Waals surface area (Å²) in [7, 11) is 0. The van der Waals surface area contributed by atoms with Gasteiger partial charge in [-0.25, -0.2) is 4.98 Å². The van der Waals surface area contributed by atoms with E-state index in [-0.39, 0.29) is 5.91 Å². The summed E-state index contributed by atoms with van der Waals surface area (Å²) in [4.78, 5) is 15.2. The molecule has 14 heavy (non-hydrogen) atoms. The monoisotopic (exact) mass is 194 g/mol. The average Bonchev–Trinajstić information content (AvgIpc) is 2.82. The molecule has 0 unspecified atom stereocenters. The molecule has 2 N–H and O–H groups in total. The normalized spacial score (nSPS) is 15.4. The molecule has 1 saturated carbocycles. The van der Waals surface area contributed by atoms with Crippen molar-refractivity contribution in [2.24, 2.45) is 5.92 Å². The summed E-state index contributed by atoms with van der Waals surface area (Å²) in [5, 5.41) is 9.35. The number of rotatable bonds is 5. The fraction of sp³-hybridized carbons (Fsp3) is 0.667. The first-order valence-electron chi connectivity index (χ1n) is 4.95. The zero-order valence-electron chi connectivity index (χ0n) is 7.99. The van der Waals surface area contributed by atoms with Crippen LogP contribution in [0.5, 0.6) is 0 Å². The summed E-state index contributed by atoms with van der Waals surface area (Å²) >= 11 is 0. The molecule has 0 aromatic carbocycles. The van der Waals surface area contributed by atoms with E-state index in [0.29, 0.717) is 18.9 Å². The van der Waals surface area contributed by atoms with Crippen LogP contribution in [0.15, 0.2) is 6.33 Å². The third kappa shape index (κ3) is 2.83. The molecule has 0 radical (unpaired) electrons. The molecule has 2 rings (SSSR count). The SMILES string of the molecule is O=C(CC1CC1)NCCc1ncn[nH]1. The molecule has 0 aliphatic heterocycles. The second-order valence-corrected chi connectivity index (χ2v) is 3.68. The zero-order chi connectivity index (χ0) is 9.80. The van der Waals surface area contributed by atoms with Crippen LogP contribution in [0.4, 0.5) is 0 Å². The van der Waals surface area contributed by atoms with Crippen LogP contribution in [-0.4, -0.2) is 27.6 Å². The standard InChI is InChI=1S/C9H14N4O/c14-9(5-7-1-2-7)10-4-3-8-11-6-12-13-8/h6-7H,1-5H2,(H,10,14)(H,11,12,13). The van der Waals surface area contributed by atoms with E-state index in [2.05, 4.69) is 20.5 Å². The second kappa shape index (κ2) is 4.21. The minimum absolute atomic E-state index is 0.159. The van der Waals surface area contributed by atoms with Crippen molar-refractivity contribution in [2.45, 2.75) is 25.7 Å². The van der Waals surface area contributed by atoms with E-state index in [9.17, 15) is 4.79 Å². The maximum Gasteiger partial charge on any atom is 0.220 e. The van der Waals surface area contributed by atoms with Gasteiger partial charge in [-0.2, -0.15) is 5.10 Å². The fourth-order valence-electron chi connectivity index (χ4n) is 1.33. The molecule has 0 spiro atoms. The first-order chi connectivity index (χ1) is 6.84. The lowest BCUT2D eigenvalue weighted by molar-refractivity contribution is -0.121. The van der Waals surface area contributed by atoms with E-state index in [1.165, 1.54) is 19.2 Å². The fourth-order valence-corrected chi connectivity index (χ4v) is 1.33. The zero-order valence-corrected chi connectivity index (χ0v) is 7.99. The lowest BCUT2D eigenvalue weighted by Crippen LogP contribution is -2.26. The molecule has 0 bridgehead atoms. The van der Waals surface area contributed by atoms with Crippen LogP contribution in [0.25, 0.3) is 0 Å². The summed E-state index contributed by atoms with van der Waals surface area (Å²) < 4.78 is 0. The number of amides is 1. The van der Waals surface area contributed by atoms with Crippen molar-refractivity contribution in [3.63, 3.8) is 0 Å². The van der Waals surface area contributed by atoms with Gasteiger partial charge >= 0.3 is 0 Å². The Morgan fingerprint density at radius 3 is 3.14 bits per heavy atom. The number of carbonyl (C=O) groups excluding carboxylic acids is 1. The first kappa shape index (κ1) is 9.18. The van der Waals surface area contributed by atoms with Crippen LogP contribution in [0.2, 0.25) is 0 Å². The molecule has 1 aliphatic carbocycles. The number of nitrogens with one attached hydrogen (secondary N) is 2. The number of nitrogens with zero attached hydrogens (tertiary/aromatic N) is 2. The van der Waals surface area contributed by atoms with Crippen LogP contribution in [0.1, 0.15) is 25.1 Å². The maximum absolute atomic E-state index is 11.3. The van der Waals surface area contributed by atoms with Gasteiger partial charge in [0.15, 0.2) is 0 Å². The van der Waals surface area contributed by atoms with Crippen LogP contribution in [0, 0.1) is 5.92 Å². The highest BCUT2D eigenvalue weighted by Crippen LogP contribution is 2.31. The molecule has 76 valence electrons. The molecular formula is C9H14N4O. The Bertz CT molecular complexity index is 292. The van der Waals surface area contributed by atoms with Gasteiger partial charge < -0.3 is 5.32 Å². The van der Waals surface area contributed by atoms with Gasteiger partial charge in [0.2, 0.25) is 5.91 Å². The predicted molar refractivity (Wildman–Crippen MR) is 50.4 cm³/mol. The highest BCUT2D eigenvalue weighted by molar-refractivity contribution is 5.76. The van der Waals surface area contributed by atoms with Gasteiger partial charge in [-0.05, 0) is 18.8 Å². The summed E-state index contributed by atoms with van der Waals surface area (Å²) in [6, 6.07) is 0. The summed E-state index contributed by atoms with van der Waals surface area (Å²) in [6.45, 7) is 0.640. The number of carbonyl (C=O) groups is 1. The third-order valence-corrected chi connectivity index (χ3v) is 2.32. The van der Waals surface area contributed by atoms with E-state index < -0.39 is 0 Å². The molecule has 0 atom stereocenters. The topological polar surface area (TPSA) is 70.7 Å². The van der Waals surface area contributed by atoms with Crippen molar-refractivity contribution in [1.29, 1.82) is 0 Å². The molecule has 1 aromatic heterocycles. The minimum Gasteiger partial charge on any atom is -0.356 e. The summed E-state index contributed by atoms with van der Waals surface area (Å²) in [5.41, 5.74) is 0. The first-order valence-corrected chi connectivity index (χ1v) is 4.95. The molecule has 1 amide bonds. The Morgan fingerprint density at radius 1 is 1.64 bits per heavy atom. The maximum atomic E-state index is 11.3. The minimum atomic E-state index is 0.159. The molecule has 1 fully saturated rings. The van der Waals surface area contributed by atoms with Crippen LogP contribution >= 0.6 is 0 Å². The Morgan fingerprint density at radius 2 is 2.50 bits per heavy atom. The molecule has 1 aromatic rings. The molecule has 5 nitrogen and oxygen atoms in total. The smallest absolute Gasteiger partial charge is 0.220 e. The number of H-pyrrole nitrogens is 1. The number of aromatic amines is 1. The van der Waals surface area contributed by atoms with Crippen molar-refractivity contribution < 1.29 is 4.79 Å². The van der Waals surface area contributed by atoms with Gasteiger partial charge in [0.1, 0.15) is 12.2 Å². The van der Waals surface area contributed by atoms with Crippen molar-refractivity contribution >= 4 is 5.91 Å². The third-order valence-electron chi connectivity index (χ3n) is 2.32. The van der Waals surface area contributed by atoms with E-state index >= 15 is 0 Å². The molecule has 5 heteroatoms. The lowest BCUT2D eigenvalue weighted by Gasteiger charge is -2.01. The second-order valence-electron chi connectivity index (χ2n) is 3.68. The Kier molecular flexibility index (Phi) is 2.76. The van der Waals surface area contributed by atoms with Crippen LogP contribution in [-0.2, 0) is 11.2 Å². The number of aromatic nitrogens is 3. The molecule has 1 aliphatic rings. The Hall–Kier alpha value is -1.39. The molecule has 0 saturated heterocycles. The van der Waals surface area contributed by atoms with E-state index in [4.69, 9.17) is 0 Å². The highest BCUT2D eigenvalue weighted by atomic mass is 16.1. The van der Waals surface area contributed by atoms with Crippen molar-refractivity contribution in [2.75, 3.05) is 6.54 Å². The quantitative estimate of drug-likeness (QED) is 0.706. The number of hydrogen-bond acceptors (Lipinski definition) is 3. The van der Waals surface area contributed by atoms with E-state index in [0.717, 1.165) is 12.2 Å². The Labute approximate surface area is 82.3 Å². The van der Waals surface area contributed by atoms with E-state index in [1.54, 1.807) is 0 Å². The van der Waals surface area contributed by atoms with Crippen LogP contribution < -0.4 is 5.32 Å². The van der Waals surface area contributed by atoms with Crippen molar-refractivity contribution in [1.82, 2.24) is 20.5 Å². The van der Waals surface area contributed by atoms with Crippen LogP contribution in [0.3, 0.4) is 0 Å². The van der Waals surface area contributed by atoms with Crippen molar-refractivity contribution in [3.8, 4) is 0 Å². The van der Waals surface area contributed by atoms with Gasteiger partial charge in [0.25, 0.3) is 0 Å². The highest BCUT2D eigenvalue weighted by Gasteiger charge is 2.23. The van der Waals surface area contributed by atoms with Gasteiger partial charge in [-0.3, -0.25) is 9.89 Å². The lowest BCUT2D eigenvalue weighted by atomic mass is 10.3. The Balaban J connectivity index is 1.60. The van der Waals surface area contributed by atoms with Gasteiger partial charge in [-0.15, -0.1) is 0 Å². The van der Waals surface area contributed by atoms with E-state index in [1.807, 2.05) is 0 Å². The summed E-state index contributed by atoms with van der Waals surface area (Å²) in [6.07, 6.45) is 5.32. The van der Waals surface area contributed by atoms with Gasteiger partial charge in [-0.1, -0.05) is 0 Å². The van der Waals surface area contributed by atoms with Gasteiger partial charge in [0.05, 0.1) is 0 Å². The molecule has 1 heterocycles. The molecular weight excluding hydrogens is 180 g/mol. The van der Waals surface area contributed by atoms with Gasteiger partial charge in [0, 0.05) is 19.4 Å². The largest absolute Gasteiger partial charge is 0.356 e. The van der Waals surface area contributed by atoms with Crippen molar-refractivity contribution in [3.05, 3.63) is 12.2 Å². The number of hydrogen-bond donors (Lipinski definition) is 2. The summed E-state index contributed by atoms with van der Waals surface area (Å²) in [5.74, 6) is 1.63. The average molecular weight is 194 g/mol.